The lowest BCUT2D eigenvalue weighted by atomic mass is 9.48. The molecule has 138 valence electrons. The fourth-order valence-electron chi connectivity index (χ4n) is 6.68. The van der Waals surface area contributed by atoms with Crippen molar-refractivity contribution in [3.63, 3.8) is 0 Å². The number of anilines is 1. The van der Waals surface area contributed by atoms with Crippen LogP contribution in [0.5, 0.6) is 0 Å². The summed E-state index contributed by atoms with van der Waals surface area (Å²) in [7, 11) is 4.19. The largest absolute Gasteiger partial charge is 0.377 e. The van der Waals surface area contributed by atoms with Crippen molar-refractivity contribution in [2.75, 3.05) is 19.0 Å². The molecule has 3 nitrogen and oxygen atoms in total. The summed E-state index contributed by atoms with van der Waals surface area (Å²) < 4.78 is 0. The Hall–Kier alpha value is -1.77. The van der Waals surface area contributed by atoms with Crippen LogP contribution in [-0.2, 0) is 6.42 Å². The Labute approximate surface area is 157 Å². The van der Waals surface area contributed by atoms with Gasteiger partial charge in [0.05, 0.1) is 0 Å². The SMILES string of the molecule is CN(C)c1ccccc1-c1ncc(CCC23CC4CC(CC(C4)C2)C3)[nH]1. The number of imidazole rings is 1. The highest BCUT2D eigenvalue weighted by Gasteiger charge is 2.50. The van der Waals surface area contributed by atoms with E-state index in [-0.39, 0.29) is 0 Å². The molecular formula is C23H31N3. The number of rotatable bonds is 5. The summed E-state index contributed by atoms with van der Waals surface area (Å²) in [6.07, 6.45) is 13.7. The third-order valence-electron chi connectivity index (χ3n) is 7.36. The third-order valence-corrected chi connectivity index (χ3v) is 7.36. The van der Waals surface area contributed by atoms with E-state index in [2.05, 4.69) is 54.4 Å². The van der Waals surface area contributed by atoms with E-state index in [0.717, 1.165) is 30.0 Å². The second kappa shape index (κ2) is 6.14. The zero-order valence-corrected chi connectivity index (χ0v) is 16.2. The van der Waals surface area contributed by atoms with E-state index >= 15 is 0 Å². The Bertz CT molecular complexity index is 753. The van der Waals surface area contributed by atoms with Crippen molar-refractivity contribution in [3.8, 4) is 11.4 Å². The van der Waals surface area contributed by atoms with Gasteiger partial charge >= 0.3 is 0 Å². The number of nitrogens with one attached hydrogen (secondary N) is 1. The predicted octanol–water partition coefficient (Wildman–Crippen LogP) is 5.29. The zero-order chi connectivity index (χ0) is 17.7. The molecule has 4 aliphatic rings. The number of aromatic nitrogens is 2. The summed E-state index contributed by atoms with van der Waals surface area (Å²) in [4.78, 5) is 10.5. The van der Waals surface area contributed by atoms with Gasteiger partial charge < -0.3 is 9.88 Å². The molecular weight excluding hydrogens is 318 g/mol. The van der Waals surface area contributed by atoms with E-state index in [1.54, 1.807) is 0 Å². The number of para-hydroxylation sites is 1. The minimum Gasteiger partial charge on any atom is -0.377 e. The molecule has 0 atom stereocenters. The highest BCUT2D eigenvalue weighted by atomic mass is 15.1. The Morgan fingerprint density at radius 3 is 2.35 bits per heavy atom. The molecule has 4 bridgehead atoms. The number of aromatic amines is 1. The van der Waals surface area contributed by atoms with Crippen molar-refractivity contribution in [2.24, 2.45) is 23.2 Å². The minimum atomic E-state index is 0.654. The van der Waals surface area contributed by atoms with E-state index < -0.39 is 0 Å². The number of aryl methyl sites for hydroxylation is 1. The number of benzene rings is 1. The van der Waals surface area contributed by atoms with Crippen LogP contribution < -0.4 is 4.90 Å². The normalized spacial score (nSPS) is 32.2. The standard InChI is InChI=1S/C23H31N3/c1-26(2)21-6-4-3-5-20(21)22-24-15-19(25-22)7-8-23-12-16-9-17(13-23)11-18(10-16)14-23/h3-6,15-18H,7-14H2,1-2H3,(H,24,25). The van der Waals surface area contributed by atoms with Gasteiger partial charge in [0, 0.05) is 37.2 Å². The van der Waals surface area contributed by atoms with Crippen LogP contribution in [0.4, 0.5) is 5.69 Å². The van der Waals surface area contributed by atoms with E-state index in [1.807, 2.05) is 0 Å². The molecule has 0 unspecified atom stereocenters. The molecule has 4 aliphatic carbocycles. The van der Waals surface area contributed by atoms with Crippen LogP contribution in [0.25, 0.3) is 11.4 Å². The van der Waals surface area contributed by atoms with Gasteiger partial charge in [0.1, 0.15) is 5.82 Å². The van der Waals surface area contributed by atoms with Crippen molar-refractivity contribution >= 4 is 5.69 Å². The molecule has 4 saturated carbocycles. The summed E-state index contributed by atoms with van der Waals surface area (Å²) >= 11 is 0. The van der Waals surface area contributed by atoms with Crippen molar-refractivity contribution in [1.29, 1.82) is 0 Å². The van der Waals surface area contributed by atoms with Gasteiger partial charge in [0.15, 0.2) is 0 Å². The van der Waals surface area contributed by atoms with Crippen LogP contribution in [0.2, 0.25) is 0 Å². The molecule has 0 spiro atoms. The molecule has 1 N–H and O–H groups in total. The molecule has 3 heteroatoms. The molecule has 4 fully saturated rings. The van der Waals surface area contributed by atoms with Crippen molar-refractivity contribution in [2.45, 2.75) is 51.4 Å². The topological polar surface area (TPSA) is 31.9 Å². The summed E-state index contributed by atoms with van der Waals surface area (Å²) in [5.41, 5.74) is 4.37. The Kier molecular flexibility index (Phi) is 3.88. The maximum atomic E-state index is 4.71. The highest BCUT2D eigenvalue weighted by Crippen LogP contribution is 2.61. The van der Waals surface area contributed by atoms with Gasteiger partial charge in [-0.2, -0.15) is 0 Å². The highest BCUT2D eigenvalue weighted by molar-refractivity contribution is 5.74. The molecule has 0 radical (unpaired) electrons. The van der Waals surface area contributed by atoms with Gasteiger partial charge in [-0.15, -0.1) is 0 Å². The zero-order valence-electron chi connectivity index (χ0n) is 16.2. The predicted molar refractivity (Wildman–Crippen MR) is 107 cm³/mol. The number of hydrogen-bond acceptors (Lipinski definition) is 2. The van der Waals surface area contributed by atoms with Gasteiger partial charge in [-0.3, -0.25) is 0 Å². The van der Waals surface area contributed by atoms with Gasteiger partial charge in [-0.1, -0.05) is 12.1 Å². The van der Waals surface area contributed by atoms with Crippen LogP contribution in [0.15, 0.2) is 30.5 Å². The van der Waals surface area contributed by atoms with Crippen LogP contribution in [0, 0.1) is 23.2 Å². The maximum Gasteiger partial charge on any atom is 0.139 e. The van der Waals surface area contributed by atoms with Crippen LogP contribution in [0.1, 0.15) is 50.6 Å². The third kappa shape index (κ3) is 2.86. The fourth-order valence-corrected chi connectivity index (χ4v) is 6.68. The molecule has 0 amide bonds. The molecule has 2 aromatic rings. The first-order valence-electron chi connectivity index (χ1n) is 10.4. The first-order chi connectivity index (χ1) is 12.6. The van der Waals surface area contributed by atoms with Crippen LogP contribution in [-0.4, -0.2) is 24.1 Å². The quantitative estimate of drug-likeness (QED) is 0.795. The Morgan fingerprint density at radius 2 is 1.69 bits per heavy atom. The lowest BCUT2D eigenvalue weighted by Gasteiger charge is -2.57. The molecule has 26 heavy (non-hydrogen) atoms. The van der Waals surface area contributed by atoms with Gasteiger partial charge in [0.2, 0.25) is 0 Å². The monoisotopic (exact) mass is 349 g/mol. The minimum absolute atomic E-state index is 0.654. The molecule has 6 rings (SSSR count). The van der Waals surface area contributed by atoms with Crippen molar-refractivity contribution < 1.29 is 0 Å². The van der Waals surface area contributed by atoms with Crippen LogP contribution >= 0.6 is 0 Å². The summed E-state index contributed by atoms with van der Waals surface area (Å²) in [5.74, 6) is 4.15. The summed E-state index contributed by atoms with van der Waals surface area (Å²) in [5, 5.41) is 0. The van der Waals surface area contributed by atoms with Crippen LogP contribution in [0.3, 0.4) is 0 Å². The number of hydrogen-bond donors (Lipinski definition) is 1. The lowest BCUT2D eigenvalue weighted by molar-refractivity contribution is -0.0570. The van der Waals surface area contributed by atoms with Gasteiger partial charge in [-0.05, 0) is 86.7 Å². The van der Waals surface area contributed by atoms with E-state index in [9.17, 15) is 0 Å². The lowest BCUT2D eigenvalue weighted by Crippen LogP contribution is -2.46. The molecule has 1 heterocycles. The average molecular weight is 350 g/mol. The smallest absolute Gasteiger partial charge is 0.139 e. The number of nitrogens with zero attached hydrogens (tertiary/aromatic N) is 2. The summed E-state index contributed by atoms with van der Waals surface area (Å²) in [6.45, 7) is 0. The van der Waals surface area contributed by atoms with Gasteiger partial charge in [0.25, 0.3) is 0 Å². The van der Waals surface area contributed by atoms with Gasteiger partial charge in [-0.25, -0.2) is 4.98 Å². The van der Waals surface area contributed by atoms with E-state index in [1.165, 1.54) is 61.9 Å². The first kappa shape index (κ1) is 16.4. The number of H-pyrrole nitrogens is 1. The second-order valence-corrected chi connectivity index (χ2v) is 9.59. The second-order valence-electron chi connectivity index (χ2n) is 9.59. The summed E-state index contributed by atoms with van der Waals surface area (Å²) in [6, 6.07) is 8.51. The maximum absolute atomic E-state index is 4.71. The molecule has 1 aromatic heterocycles. The Balaban J connectivity index is 1.31. The average Bonchev–Trinajstić information content (AvgIpc) is 3.08. The first-order valence-corrected chi connectivity index (χ1v) is 10.4. The fraction of sp³-hybridized carbons (Fsp3) is 0.609. The van der Waals surface area contributed by atoms with E-state index in [0.29, 0.717) is 5.41 Å². The molecule has 0 aliphatic heterocycles. The van der Waals surface area contributed by atoms with E-state index in [4.69, 9.17) is 4.98 Å². The molecule has 0 saturated heterocycles. The molecule has 1 aromatic carbocycles. The Morgan fingerprint density at radius 1 is 1.04 bits per heavy atom. The van der Waals surface area contributed by atoms with Crippen molar-refractivity contribution in [1.82, 2.24) is 9.97 Å². The van der Waals surface area contributed by atoms with Crippen molar-refractivity contribution in [3.05, 3.63) is 36.2 Å².